The zero-order valence-corrected chi connectivity index (χ0v) is 9.16. The van der Waals surface area contributed by atoms with Gasteiger partial charge in [-0.15, -0.1) is 0 Å². The lowest BCUT2D eigenvalue weighted by molar-refractivity contribution is -0.137. The van der Waals surface area contributed by atoms with Crippen LogP contribution >= 0.6 is 0 Å². The van der Waals surface area contributed by atoms with Crippen LogP contribution in [0.1, 0.15) is 39.5 Å². The van der Waals surface area contributed by atoms with Gasteiger partial charge in [-0.2, -0.15) is 0 Å². The Balaban J connectivity index is 3.45. The molecule has 0 spiro atoms. The molecule has 0 saturated carbocycles. The van der Waals surface area contributed by atoms with E-state index in [1.54, 1.807) is 13.0 Å². The van der Waals surface area contributed by atoms with Crippen LogP contribution in [-0.4, -0.2) is 12.6 Å². The Morgan fingerprint density at radius 2 is 2.00 bits per heavy atom. The largest absolute Gasteiger partial charge is 0.463 e. The normalized spacial score (nSPS) is 11.3. The summed E-state index contributed by atoms with van der Waals surface area (Å²) in [6.07, 6.45) is 12.0. The van der Waals surface area contributed by atoms with Crippen molar-refractivity contribution in [3.63, 3.8) is 0 Å². The molecule has 0 N–H and O–H groups in total. The first-order valence-electron chi connectivity index (χ1n) is 5.31. The lowest BCUT2D eigenvalue weighted by Crippen LogP contribution is -1.98. The summed E-state index contributed by atoms with van der Waals surface area (Å²) in [5.41, 5.74) is 0. The highest BCUT2D eigenvalue weighted by Crippen LogP contribution is 1.99. The van der Waals surface area contributed by atoms with Crippen LogP contribution in [0.15, 0.2) is 24.3 Å². The summed E-state index contributed by atoms with van der Waals surface area (Å²) in [6.45, 7) is 4.42. The van der Waals surface area contributed by atoms with Crippen molar-refractivity contribution < 1.29 is 9.53 Å². The van der Waals surface area contributed by atoms with Gasteiger partial charge < -0.3 is 4.74 Å². The minimum absolute atomic E-state index is 0.272. The molecule has 0 amide bonds. The third kappa shape index (κ3) is 9.04. The fourth-order valence-electron chi connectivity index (χ4n) is 1.01. The lowest BCUT2D eigenvalue weighted by atomic mass is 10.2. The monoisotopic (exact) mass is 196 g/mol. The number of carbonyl (C=O) groups excluding carboxylic acids is 1. The maximum Gasteiger partial charge on any atom is 0.330 e. The van der Waals surface area contributed by atoms with Crippen molar-refractivity contribution in [2.24, 2.45) is 0 Å². The number of rotatable bonds is 7. The predicted molar refractivity (Wildman–Crippen MR) is 59.1 cm³/mol. The Morgan fingerprint density at radius 3 is 2.64 bits per heavy atom. The highest BCUT2D eigenvalue weighted by molar-refractivity contribution is 5.82. The Kier molecular flexibility index (Phi) is 9.28. The summed E-state index contributed by atoms with van der Waals surface area (Å²) in [5.74, 6) is -0.272. The van der Waals surface area contributed by atoms with Crippen LogP contribution in [-0.2, 0) is 9.53 Å². The van der Waals surface area contributed by atoms with Crippen molar-refractivity contribution in [3.05, 3.63) is 24.3 Å². The van der Waals surface area contributed by atoms with E-state index in [0.29, 0.717) is 6.61 Å². The van der Waals surface area contributed by atoms with Crippen LogP contribution in [0.4, 0.5) is 0 Å². The van der Waals surface area contributed by atoms with E-state index in [2.05, 4.69) is 13.0 Å². The van der Waals surface area contributed by atoms with Gasteiger partial charge >= 0.3 is 5.97 Å². The molecule has 80 valence electrons. The number of ether oxygens (including phenoxy) is 1. The number of unbranched alkanes of at least 4 members (excludes halogenated alkanes) is 3. The molecule has 0 aliphatic rings. The fourth-order valence-corrected chi connectivity index (χ4v) is 1.01. The molecule has 0 heterocycles. The van der Waals surface area contributed by atoms with Crippen molar-refractivity contribution in [3.8, 4) is 0 Å². The van der Waals surface area contributed by atoms with Crippen LogP contribution in [0.3, 0.4) is 0 Å². The summed E-state index contributed by atoms with van der Waals surface area (Å²) in [4.78, 5) is 10.8. The second kappa shape index (κ2) is 10.0. The van der Waals surface area contributed by atoms with E-state index in [0.717, 1.165) is 6.42 Å². The zero-order chi connectivity index (χ0) is 10.6. The number of esters is 1. The summed E-state index contributed by atoms with van der Waals surface area (Å²) in [5, 5.41) is 0. The van der Waals surface area contributed by atoms with Crippen molar-refractivity contribution in [1.29, 1.82) is 0 Å². The minimum atomic E-state index is -0.272. The third-order valence-electron chi connectivity index (χ3n) is 1.74. The Bertz CT molecular complexity index is 192. The maximum atomic E-state index is 10.8. The van der Waals surface area contributed by atoms with Crippen molar-refractivity contribution >= 4 is 5.97 Å². The standard InChI is InChI=1S/C12H20O2/c1-3-5-6-7-8-9-10-11-12(13)14-4-2/h8-11H,3-7H2,1-2H3/b9-8+,11-10?. The summed E-state index contributed by atoms with van der Waals surface area (Å²) >= 11 is 0. The topological polar surface area (TPSA) is 26.3 Å². The molecule has 0 saturated heterocycles. The molecule has 0 fully saturated rings. The van der Waals surface area contributed by atoms with Crippen LogP contribution < -0.4 is 0 Å². The van der Waals surface area contributed by atoms with Gasteiger partial charge in [-0.1, -0.05) is 38.0 Å². The van der Waals surface area contributed by atoms with Gasteiger partial charge in [-0.05, 0) is 19.8 Å². The van der Waals surface area contributed by atoms with E-state index in [1.807, 2.05) is 6.08 Å². The minimum Gasteiger partial charge on any atom is -0.463 e. The van der Waals surface area contributed by atoms with Crippen LogP contribution in [0.2, 0.25) is 0 Å². The van der Waals surface area contributed by atoms with E-state index < -0.39 is 0 Å². The Morgan fingerprint density at radius 1 is 1.21 bits per heavy atom. The van der Waals surface area contributed by atoms with Crippen LogP contribution in [0.25, 0.3) is 0 Å². The molecule has 0 aliphatic carbocycles. The van der Waals surface area contributed by atoms with Crippen molar-refractivity contribution in [2.45, 2.75) is 39.5 Å². The second-order valence-corrected chi connectivity index (χ2v) is 3.04. The molecular weight excluding hydrogens is 176 g/mol. The number of carbonyl (C=O) groups is 1. The van der Waals surface area contributed by atoms with E-state index in [4.69, 9.17) is 4.74 Å². The molecule has 0 aromatic rings. The predicted octanol–water partition coefficient (Wildman–Crippen LogP) is 3.24. The highest BCUT2D eigenvalue weighted by atomic mass is 16.5. The van der Waals surface area contributed by atoms with Gasteiger partial charge in [-0.3, -0.25) is 0 Å². The van der Waals surface area contributed by atoms with Gasteiger partial charge in [0.2, 0.25) is 0 Å². The van der Waals surface area contributed by atoms with Crippen LogP contribution in [0, 0.1) is 0 Å². The van der Waals surface area contributed by atoms with Gasteiger partial charge in [0.15, 0.2) is 0 Å². The SMILES string of the molecule is CCCCC/C=C/C=CC(=O)OCC. The molecular formula is C12H20O2. The molecule has 0 unspecified atom stereocenters. The molecule has 0 aromatic carbocycles. The Hall–Kier alpha value is -1.05. The molecule has 0 rings (SSSR count). The third-order valence-corrected chi connectivity index (χ3v) is 1.74. The first-order chi connectivity index (χ1) is 6.81. The zero-order valence-electron chi connectivity index (χ0n) is 9.16. The Labute approximate surface area is 86.6 Å². The van der Waals surface area contributed by atoms with E-state index in [-0.39, 0.29) is 5.97 Å². The van der Waals surface area contributed by atoms with Crippen molar-refractivity contribution in [1.82, 2.24) is 0 Å². The maximum absolute atomic E-state index is 10.8. The van der Waals surface area contributed by atoms with E-state index in [9.17, 15) is 4.79 Å². The first-order valence-corrected chi connectivity index (χ1v) is 5.31. The molecule has 0 bridgehead atoms. The molecule has 0 aromatic heterocycles. The van der Waals surface area contributed by atoms with Gasteiger partial charge in [0.25, 0.3) is 0 Å². The number of hydrogen-bond donors (Lipinski definition) is 0. The molecule has 2 heteroatoms. The molecule has 0 radical (unpaired) electrons. The van der Waals surface area contributed by atoms with Crippen LogP contribution in [0.5, 0.6) is 0 Å². The van der Waals surface area contributed by atoms with Gasteiger partial charge in [0, 0.05) is 6.08 Å². The molecule has 0 aliphatic heterocycles. The molecule has 2 nitrogen and oxygen atoms in total. The van der Waals surface area contributed by atoms with E-state index in [1.165, 1.54) is 25.3 Å². The van der Waals surface area contributed by atoms with Crippen molar-refractivity contribution in [2.75, 3.05) is 6.61 Å². The molecule has 14 heavy (non-hydrogen) atoms. The number of hydrogen-bond acceptors (Lipinski definition) is 2. The number of allylic oxidation sites excluding steroid dienone is 3. The summed E-state index contributed by atoms with van der Waals surface area (Å²) in [7, 11) is 0. The second-order valence-electron chi connectivity index (χ2n) is 3.04. The van der Waals surface area contributed by atoms with Gasteiger partial charge in [0.1, 0.15) is 0 Å². The van der Waals surface area contributed by atoms with Gasteiger partial charge in [0.05, 0.1) is 6.61 Å². The average Bonchev–Trinajstić information content (AvgIpc) is 2.17. The first kappa shape index (κ1) is 12.9. The quantitative estimate of drug-likeness (QED) is 0.270. The summed E-state index contributed by atoms with van der Waals surface area (Å²) in [6, 6.07) is 0. The molecule has 0 atom stereocenters. The summed E-state index contributed by atoms with van der Waals surface area (Å²) < 4.78 is 4.73. The smallest absolute Gasteiger partial charge is 0.330 e. The highest BCUT2D eigenvalue weighted by Gasteiger charge is 1.89. The van der Waals surface area contributed by atoms with E-state index >= 15 is 0 Å². The average molecular weight is 196 g/mol. The lowest BCUT2D eigenvalue weighted by Gasteiger charge is -1.92. The fraction of sp³-hybridized carbons (Fsp3) is 0.583. The van der Waals surface area contributed by atoms with Gasteiger partial charge in [-0.25, -0.2) is 4.79 Å².